The van der Waals surface area contributed by atoms with Gasteiger partial charge in [0.2, 0.25) is 5.91 Å². The van der Waals surface area contributed by atoms with Crippen molar-refractivity contribution < 1.29 is 14.7 Å². The molecule has 0 aromatic carbocycles. The molecule has 1 fully saturated rings. The van der Waals surface area contributed by atoms with Crippen molar-refractivity contribution in [3.05, 3.63) is 0 Å². The van der Waals surface area contributed by atoms with E-state index in [0.29, 0.717) is 12.3 Å². The molecule has 1 rings (SSSR count). The smallest absolute Gasteiger partial charge is 0.307 e. The maximum atomic E-state index is 11.9. The minimum atomic E-state index is -0.858. The summed E-state index contributed by atoms with van der Waals surface area (Å²) in [4.78, 5) is 24.7. The molecule has 0 bridgehead atoms. The molecule has 0 aromatic heterocycles. The van der Waals surface area contributed by atoms with Crippen LogP contribution in [0.3, 0.4) is 0 Å². The molecule has 1 amide bonds. The van der Waals surface area contributed by atoms with Gasteiger partial charge in [0.15, 0.2) is 0 Å². The summed E-state index contributed by atoms with van der Waals surface area (Å²) in [6.45, 7) is 5.02. The lowest BCUT2D eigenvalue weighted by atomic mass is 10.0. The van der Waals surface area contributed by atoms with Crippen LogP contribution in [0.15, 0.2) is 0 Å². The predicted octanol–water partition coefficient (Wildman–Crippen LogP) is 0.800. The summed E-state index contributed by atoms with van der Waals surface area (Å²) in [5.41, 5.74) is 0. The number of carbonyl (C=O) groups is 2. The van der Waals surface area contributed by atoms with E-state index in [1.54, 1.807) is 0 Å². The van der Waals surface area contributed by atoms with E-state index >= 15 is 0 Å². The molecule has 104 valence electrons. The van der Waals surface area contributed by atoms with E-state index in [-0.39, 0.29) is 17.9 Å². The van der Waals surface area contributed by atoms with Gasteiger partial charge in [0.05, 0.1) is 11.8 Å². The topological polar surface area (TPSA) is 69.6 Å². The maximum Gasteiger partial charge on any atom is 0.307 e. The van der Waals surface area contributed by atoms with Crippen molar-refractivity contribution in [1.82, 2.24) is 10.2 Å². The van der Waals surface area contributed by atoms with Gasteiger partial charge in [0, 0.05) is 12.6 Å². The number of rotatable bonds is 7. The summed E-state index contributed by atoms with van der Waals surface area (Å²) in [5, 5.41) is 11.8. The Morgan fingerprint density at radius 3 is 2.33 bits per heavy atom. The minimum Gasteiger partial charge on any atom is -0.481 e. The summed E-state index contributed by atoms with van der Waals surface area (Å²) in [7, 11) is 3.94. The number of aliphatic carboxylic acids is 1. The molecular formula is C13H24N2O3. The summed E-state index contributed by atoms with van der Waals surface area (Å²) < 4.78 is 0. The highest BCUT2D eigenvalue weighted by atomic mass is 16.4. The molecular weight excluding hydrogens is 232 g/mol. The number of hydrogen-bond acceptors (Lipinski definition) is 3. The lowest BCUT2D eigenvalue weighted by molar-refractivity contribution is -0.140. The van der Waals surface area contributed by atoms with Gasteiger partial charge >= 0.3 is 5.97 Å². The third-order valence-electron chi connectivity index (χ3n) is 3.13. The Kier molecular flexibility index (Phi) is 5.14. The third kappa shape index (κ3) is 4.64. The van der Waals surface area contributed by atoms with Crippen LogP contribution in [-0.4, -0.2) is 48.6 Å². The van der Waals surface area contributed by atoms with Crippen molar-refractivity contribution in [3.63, 3.8) is 0 Å². The molecule has 5 nitrogen and oxygen atoms in total. The van der Waals surface area contributed by atoms with Gasteiger partial charge < -0.3 is 15.3 Å². The molecule has 0 saturated heterocycles. The van der Waals surface area contributed by atoms with E-state index in [2.05, 4.69) is 19.2 Å². The lowest BCUT2D eigenvalue weighted by Gasteiger charge is -2.24. The molecule has 18 heavy (non-hydrogen) atoms. The highest BCUT2D eigenvalue weighted by molar-refractivity contribution is 5.89. The Balaban J connectivity index is 2.45. The molecule has 1 saturated carbocycles. The van der Waals surface area contributed by atoms with Crippen LogP contribution >= 0.6 is 0 Å². The van der Waals surface area contributed by atoms with Crippen molar-refractivity contribution in [2.75, 3.05) is 20.6 Å². The van der Waals surface area contributed by atoms with Crippen LogP contribution in [0.25, 0.3) is 0 Å². The number of hydrogen-bond donors (Lipinski definition) is 2. The number of amides is 1. The zero-order valence-corrected chi connectivity index (χ0v) is 11.6. The van der Waals surface area contributed by atoms with Crippen LogP contribution in [0.4, 0.5) is 0 Å². The van der Waals surface area contributed by atoms with E-state index in [1.165, 1.54) is 0 Å². The molecule has 0 spiro atoms. The molecule has 3 atom stereocenters. The van der Waals surface area contributed by atoms with Crippen molar-refractivity contribution in [1.29, 1.82) is 0 Å². The fraction of sp³-hybridized carbons (Fsp3) is 0.846. The van der Waals surface area contributed by atoms with Crippen LogP contribution in [0.1, 0.15) is 26.7 Å². The second kappa shape index (κ2) is 6.18. The van der Waals surface area contributed by atoms with Gasteiger partial charge in [-0.2, -0.15) is 0 Å². The SMILES string of the molecule is CC(C)CC(CN(C)C)NC(=O)[C@@H]1C[C@@H]1C(=O)O. The van der Waals surface area contributed by atoms with Crippen LogP contribution in [-0.2, 0) is 9.59 Å². The van der Waals surface area contributed by atoms with Gasteiger partial charge in [-0.3, -0.25) is 9.59 Å². The normalized spacial score (nSPS) is 24.1. The average molecular weight is 256 g/mol. The van der Waals surface area contributed by atoms with Crippen LogP contribution in [0.5, 0.6) is 0 Å². The van der Waals surface area contributed by atoms with Crippen molar-refractivity contribution >= 4 is 11.9 Å². The van der Waals surface area contributed by atoms with E-state index in [4.69, 9.17) is 5.11 Å². The first-order valence-corrected chi connectivity index (χ1v) is 6.49. The van der Waals surface area contributed by atoms with Crippen molar-refractivity contribution in [2.45, 2.75) is 32.7 Å². The first-order chi connectivity index (χ1) is 8.31. The largest absolute Gasteiger partial charge is 0.481 e. The molecule has 0 aliphatic heterocycles. The summed E-state index contributed by atoms with van der Waals surface area (Å²) in [6, 6.07) is 0.0996. The average Bonchev–Trinajstić information content (AvgIpc) is 2.93. The van der Waals surface area contributed by atoms with Crippen LogP contribution in [0, 0.1) is 17.8 Å². The monoisotopic (exact) mass is 256 g/mol. The van der Waals surface area contributed by atoms with Gasteiger partial charge in [-0.15, -0.1) is 0 Å². The number of nitrogens with one attached hydrogen (secondary N) is 1. The van der Waals surface area contributed by atoms with Gasteiger partial charge in [0.25, 0.3) is 0 Å². The zero-order valence-electron chi connectivity index (χ0n) is 11.6. The molecule has 1 unspecified atom stereocenters. The molecule has 0 aromatic rings. The molecule has 1 aliphatic rings. The Morgan fingerprint density at radius 1 is 1.33 bits per heavy atom. The van der Waals surface area contributed by atoms with Crippen molar-refractivity contribution in [3.8, 4) is 0 Å². The third-order valence-corrected chi connectivity index (χ3v) is 3.13. The Bertz CT molecular complexity index is 305. The maximum absolute atomic E-state index is 11.9. The van der Waals surface area contributed by atoms with E-state index in [9.17, 15) is 9.59 Å². The predicted molar refractivity (Wildman–Crippen MR) is 69.2 cm³/mol. The van der Waals surface area contributed by atoms with E-state index in [1.807, 2.05) is 19.0 Å². The number of carboxylic acids is 1. The van der Waals surface area contributed by atoms with E-state index in [0.717, 1.165) is 13.0 Å². The Morgan fingerprint density at radius 2 is 1.94 bits per heavy atom. The van der Waals surface area contributed by atoms with Crippen LogP contribution in [0.2, 0.25) is 0 Å². The number of likely N-dealkylation sites (N-methyl/N-ethyl adjacent to an activating group) is 1. The van der Waals surface area contributed by atoms with Crippen LogP contribution < -0.4 is 5.32 Å². The Labute approximate surface area is 109 Å². The van der Waals surface area contributed by atoms with Crippen molar-refractivity contribution in [2.24, 2.45) is 17.8 Å². The molecule has 5 heteroatoms. The zero-order chi connectivity index (χ0) is 13.9. The summed E-state index contributed by atoms with van der Waals surface area (Å²) >= 11 is 0. The fourth-order valence-corrected chi connectivity index (χ4v) is 2.25. The molecule has 0 heterocycles. The molecule has 1 aliphatic carbocycles. The standard InChI is InChI=1S/C13H24N2O3/c1-8(2)5-9(7-15(3)4)14-12(16)10-6-11(10)13(17)18/h8-11H,5-7H2,1-4H3,(H,14,16)(H,17,18)/t9?,10-,11+/m1/s1. The van der Waals surface area contributed by atoms with E-state index < -0.39 is 11.9 Å². The number of carbonyl (C=O) groups excluding carboxylic acids is 1. The number of carboxylic acid groups (broad SMARTS) is 1. The summed E-state index contributed by atoms with van der Waals surface area (Å²) in [5.74, 6) is -1.24. The summed E-state index contributed by atoms with van der Waals surface area (Å²) in [6.07, 6.45) is 1.39. The van der Waals surface area contributed by atoms with Gasteiger partial charge in [-0.1, -0.05) is 13.8 Å². The Hall–Kier alpha value is -1.10. The molecule has 0 radical (unpaired) electrons. The highest BCUT2D eigenvalue weighted by Gasteiger charge is 2.48. The molecule has 2 N–H and O–H groups in total. The van der Waals surface area contributed by atoms with Gasteiger partial charge in [-0.05, 0) is 32.9 Å². The fourth-order valence-electron chi connectivity index (χ4n) is 2.25. The first-order valence-electron chi connectivity index (χ1n) is 6.49. The lowest BCUT2D eigenvalue weighted by Crippen LogP contribution is -2.43. The van der Waals surface area contributed by atoms with Gasteiger partial charge in [0.1, 0.15) is 0 Å². The number of nitrogens with zero attached hydrogens (tertiary/aromatic N) is 1. The second-order valence-corrected chi connectivity index (χ2v) is 5.88. The first kappa shape index (κ1) is 15.0. The highest BCUT2D eigenvalue weighted by Crippen LogP contribution is 2.38. The second-order valence-electron chi connectivity index (χ2n) is 5.88. The quantitative estimate of drug-likeness (QED) is 0.707. The minimum absolute atomic E-state index is 0.0996. The van der Waals surface area contributed by atoms with Gasteiger partial charge in [-0.25, -0.2) is 0 Å².